The van der Waals surface area contributed by atoms with E-state index in [0.717, 1.165) is 6.20 Å². The van der Waals surface area contributed by atoms with Gasteiger partial charge in [0.05, 0.1) is 12.7 Å². The molecular formula is C7H5BrClF2NO. The third-order valence-corrected chi connectivity index (χ3v) is 2.58. The zero-order chi connectivity index (χ0) is 10.0. The fourth-order valence-electron chi connectivity index (χ4n) is 0.825. The van der Waals surface area contributed by atoms with E-state index < -0.39 is 6.43 Å². The molecule has 0 amide bonds. The van der Waals surface area contributed by atoms with Crippen LogP contribution in [0.15, 0.2) is 10.8 Å². The van der Waals surface area contributed by atoms with Crippen LogP contribution in [0.2, 0.25) is 5.02 Å². The first-order chi connectivity index (χ1) is 6.07. The Hall–Kier alpha value is -0.420. The van der Waals surface area contributed by atoms with Crippen molar-refractivity contribution in [2.45, 2.75) is 6.43 Å². The Morgan fingerprint density at radius 3 is 2.69 bits per heavy atom. The molecule has 0 saturated heterocycles. The molecule has 0 radical (unpaired) electrons. The minimum Gasteiger partial charge on any atom is -0.495 e. The molecule has 13 heavy (non-hydrogen) atoms. The van der Waals surface area contributed by atoms with Crippen molar-refractivity contribution in [3.63, 3.8) is 0 Å². The highest BCUT2D eigenvalue weighted by Gasteiger charge is 2.19. The van der Waals surface area contributed by atoms with E-state index >= 15 is 0 Å². The van der Waals surface area contributed by atoms with Gasteiger partial charge in [0.15, 0.2) is 5.75 Å². The minimum atomic E-state index is -2.65. The van der Waals surface area contributed by atoms with Crippen LogP contribution in [0, 0.1) is 0 Å². The van der Waals surface area contributed by atoms with Crippen molar-refractivity contribution in [2.24, 2.45) is 0 Å². The summed E-state index contributed by atoms with van der Waals surface area (Å²) in [7, 11) is 1.28. The van der Waals surface area contributed by atoms with E-state index in [2.05, 4.69) is 20.9 Å². The second kappa shape index (κ2) is 4.19. The summed E-state index contributed by atoms with van der Waals surface area (Å²) < 4.78 is 29.7. The van der Waals surface area contributed by atoms with Gasteiger partial charge in [-0.2, -0.15) is 0 Å². The van der Waals surface area contributed by atoms with E-state index in [4.69, 9.17) is 16.3 Å². The first-order valence-corrected chi connectivity index (χ1v) is 4.41. The number of hydrogen-bond acceptors (Lipinski definition) is 2. The highest BCUT2D eigenvalue weighted by Crippen LogP contribution is 2.37. The lowest BCUT2D eigenvalue weighted by Crippen LogP contribution is -1.95. The molecule has 0 aliphatic carbocycles. The van der Waals surface area contributed by atoms with Gasteiger partial charge in [0.1, 0.15) is 9.63 Å². The van der Waals surface area contributed by atoms with Crippen LogP contribution in [0.25, 0.3) is 0 Å². The largest absolute Gasteiger partial charge is 0.495 e. The molecule has 1 heterocycles. The quantitative estimate of drug-likeness (QED) is 0.769. The molecule has 0 bridgehead atoms. The number of nitrogens with zero attached hydrogens (tertiary/aromatic N) is 1. The standard InChI is InChI=1S/C7H5BrClF2NO/c1-13-5-3(7(10)11)2-12-6(8)4(5)9/h2,7H,1H3. The highest BCUT2D eigenvalue weighted by molar-refractivity contribution is 9.10. The van der Waals surface area contributed by atoms with Crippen LogP contribution < -0.4 is 4.74 Å². The van der Waals surface area contributed by atoms with Crippen LogP contribution in [0.1, 0.15) is 12.0 Å². The molecule has 0 aromatic carbocycles. The lowest BCUT2D eigenvalue weighted by molar-refractivity contribution is 0.146. The minimum absolute atomic E-state index is 0.0430. The molecule has 0 spiro atoms. The van der Waals surface area contributed by atoms with Gasteiger partial charge in [0.25, 0.3) is 6.43 Å². The Bertz CT molecular complexity index is 322. The van der Waals surface area contributed by atoms with Gasteiger partial charge in [-0.25, -0.2) is 13.8 Å². The van der Waals surface area contributed by atoms with Gasteiger partial charge in [-0.3, -0.25) is 0 Å². The highest BCUT2D eigenvalue weighted by atomic mass is 79.9. The summed E-state index contributed by atoms with van der Waals surface area (Å²) >= 11 is 8.68. The SMILES string of the molecule is COc1c(C(F)F)cnc(Br)c1Cl. The van der Waals surface area contributed by atoms with Gasteiger partial charge >= 0.3 is 0 Å². The lowest BCUT2D eigenvalue weighted by atomic mass is 10.3. The van der Waals surface area contributed by atoms with E-state index in [0.29, 0.717) is 0 Å². The summed E-state index contributed by atoms with van der Waals surface area (Å²) in [5, 5.41) is 0.0558. The summed E-state index contributed by atoms with van der Waals surface area (Å²) in [5.41, 5.74) is -0.310. The number of pyridine rings is 1. The molecule has 0 N–H and O–H groups in total. The first kappa shape index (κ1) is 10.7. The Kier molecular flexibility index (Phi) is 3.44. The van der Waals surface area contributed by atoms with Crippen molar-refractivity contribution in [3.05, 3.63) is 21.4 Å². The number of hydrogen-bond donors (Lipinski definition) is 0. The van der Waals surface area contributed by atoms with Crippen LogP contribution >= 0.6 is 27.5 Å². The molecule has 1 aromatic rings. The summed E-state index contributed by atoms with van der Waals surface area (Å²) in [6.45, 7) is 0. The number of ether oxygens (including phenoxy) is 1. The number of halogens is 4. The van der Waals surface area contributed by atoms with Crippen molar-refractivity contribution < 1.29 is 13.5 Å². The van der Waals surface area contributed by atoms with Crippen molar-refractivity contribution in [3.8, 4) is 5.75 Å². The number of alkyl halides is 2. The molecule has 1 aromatic heterocycles. The third kappa shape index (κ3) is 2.08. The third-order valence-electron chi connectivity index (χ3n) is 1.40. The predicted molar refractivity (Wildman–Crippen MR) is 48.5 cm³/mol. The Morgan fingerprint density at radius 1 is 1.62 bits per heavy atom. The smallest absolute Gasteiger partial charge is 0.268 e. The van der Waals surface area contributed by atoms with Crippen molar-refractivity contribution >= 4 is 27.5 Å². The fraction of sp³-hybridized carbons (Fsp3) is 0.286. The van der Waals surface area contributed by atoms with Crippen LogP contribution in [0.5, 0.6) is 5.75 Å². The van der Waals surface area contributed by atoms with Gasteiger partial charge in [-0.05, 0) is 15.9 Å². The molecule has 72 valence electrons. The van der Waals surface area contributed by atoms with Crippen LogP contribution in [-0.2, 0) is 0 Å². The van der Waals surface area contributed by atoms with Gasteiger partial charge in [-0.15, -0.1) is 0 Å². The molecular weight excluding hydrogens is 267 g/mol. The maximum absolute atomic E-state index is 12.3. The zero-order valence-corrected chi connectivity index (χ0v) is 8.86. The van der Waals surface area contributed by atoms with E-state index in [9.17, 15) is 8.78 Å². The second-order valence-corrected chi connectivity index (χ2v) is 3.28. The van der Waals surface area contributed by atoms with Crippen molar-refractivity contribution in [1.82, 2.24) is 4.98 Å². The molecule has 0 unspecified atom stereocenters. The summed E-state index contributed by atoms with van der Waals surface area (Å²) in [5.74, 6) is -0.0430. The van der Waals surface area contributed by atoms with Crippen molar-refractivity contribution in [1.29, 1.82) is 0 Å². The van der Waals surface area contributed by atoms with E-state index in [1.807, 2.05) is 0 Å². The zero-order valence-electron chi connectivity index (χ0n) is 6.52. The molecule has 2 nitrogen and oxygen atoms in total. The maximum atomic E-state index is 12.3. The number of methoxy groups -OCH3 is 1. The molecule has 0 aliphatic heterocycles. The fourth-order valence-corrected chi connectivity index (χ4v) is 1.34. The molecule has 0 aliphatic rings. The van der Waals surface area contributed by atoms with Crippen LogP contribution in [0.4, 0.5) is 8.78 Å². The lowest BCUT2D eigenvalue weighted by Gasteiger charge is -2.09. The van der Waals surface area contributed by atoms with Crippen molar-refractivity contribution in [2.75, 3.05) is 7.11 Å². The Balaban J connectivity index is 3.30. The topological polar surface area (TPSA) is 22.1 Å². The predicted octanol–water partition coefficient (Wildman–Crippen LogP) is 3.44. The molecule has 0 atom stereocenters. The molecule has 6 heteroatoms. The van der Waals surface area contributed by atoms with E-state index in [-0.39, 0.29) is 20.9 Å². The average molecular weight is 272 g/mol. The van der Waals surface area contributed by atoms with Gasteiger partial charge in [-0.1, -0.05) is 11.6 Å². The normalized spacial score (nSPS) is 10.6. The Labute approximate surface area is 87.0 Å². The van der Waals surface area contributed by atoms with E-state index in [1.165, 1.54) is 7.11 Å². The number of aromatic nitrogens is 1. The molecule has 1 rings (SSSR count). The van der Waals surface area contributed by atoms with Gasteiger partial charge in [0, 0.05) is 6.20 Å². The second-order valence-electron chi connectivity index (χ2n) is 2.15. The van der Waals surface area contributed by atoms with Gasteiger partial charge < -0.3 is 4.74 Å². The summed E-state index contributed by atoms with van der Waals surface area (Å²) in [4.78, 5) is 3.63. The first-order valence-electron chi connectivity index (χ1n) is 3.24. The summed E-state index contributed by atoms with van der Waals surface area (Å²) in [6.07, 6.45) is -1.62. The van der Waals surface area contributed by atoms with Gasteiger partial charge in [0.2, 0.25) is 0 Å². The number of rotatable bonds is 2. The van der Waals surface area contributed by atoms with Crippen LogP contribution in [0.3, 0.4) is 0 Å². The summed E-state index contributed by atoms with van der Waals surface area (Å²) in [6, 6.07) is 0. The monoisotopic (exact) mass is 271 g/mol. The van der Waals surface area contributed by atoms with E-state index in [1.54, 1.807) is 0 Å². The maximum Gasteiger partial charge on any atom is 0.268 e. The molecule has 0 fully saturated rings. The average Bonchev–Trinajstić information content (AvgIpc) is 2.09. The molecule has 0 saturated carbocycles. The van der Waals surface area contributed by atoms with Crippen LogP contribution in [-0.4, -0.2) is 12.1 Å². The Morgan fingerprint density at radius 2 is 2.23 bits per heavy atom.